The second kappa shape index (κ2) is 5.44. The molecule has 0 aliphatic carbocycles. The molecule has 1 aliphatic heterocycles. The van der Waals surface area contributed by atoms with E-state index in [1.165, 1.54) is 12.0 Å². The molecule has 0 saturated carbocycles. The number of carbonyl (C=O) groups is 2. The highest BCUT2D eigenvalue weighted by Gasteiger charge is 2.34. The Morgan fingerprint density at radius 2 is 1.55 bits per heavy atom. The van der Waals surface area contributed by atoms with Gasteiger partial charge in [0, 0.05) is 5.56 Å². The highest BCUT2D eigenvalue weighted by atomic mass is 16.5. The molecule has 0 bridgehead atoms. The van der Waals surface area contributed by atoms with Gasteiger partial charge >= 0.3 is 0 Å². The van der Waals surface area contributed by atoms with Crippen LogP contribution in [0.15, 0.2) is 48.5 Å². The molecule has 5 nitrogen and oxygen atoms in total. The summed E-state index contributed by atoms with van der Waals surface area (Å²) in [5.74, 6) is -0.462. The van der Waals surface area contributed by atoms with Gasteiger partial charge in [0.15, 0.2) is 0 Å². The molecule has 0 saturated heterocycles. The third kappa shape index (κ3) is 2.26. The number of nitrogens with one attached hydrogen (secondary N) is 1. The molecule has 0 fully saturated rings. The van der Waals surface area contributed by atoms with E-state index in [1.54, 1.807) is 48.5 Å². The Labute approximate surface area is 127 Å². The van der Waals surface area contributed by atoms with Crippen molar-refractivity contribution in [2.75, 3.05) is 7.11 Å². The number of hydrogen-bond acceptors (Lipinski definition) is 4. The number of fused-ring (bicyclic) bond motifs is 1. The molecule has 2 amide bonds. The summed E-state index contributed by atoms with van der Waals surface area (Å²) in [4.78, 5) is 25.8. The van der Waals surface area contributed by atoms with E-state index < -0.39 is 0 Å². The van der Waals surface area contributed by atoms with Crippen molar-refractivity contribution in [3.63, 3.8) is 0 Å². The van der Waals surface area contributed by atoms with Crippen LogP contribution in [0, 0.1) is 5.41 Å². The summed E-state index contributed by atoms with van der Waals surface area (Å²) in [6.45, 7) is 0.215. The van der Waals surface area contributed by atoms with Gasteiger partial charge in [-0.3, -0.25) is 19.9 Å². The first kappa shape index (κ1) is 14.0. The van der Waals surface area contributed by atoms with Crippen molar-refractivity contribution in [1.82, 2.24) is 4.90 Å². The Balaban J connectivity index is 1.81. The van der Waals surface area contributed by atoms with Crippen molar-refractivity contribution in [1.29, 1.82) is 5.41 Å². The lowest BCUT2D eigenvalue weighted by Crippen LogP contribution is -2.29. The number of benzene rings is 2. The lowest BCUT2D eigenvalue weighted by atomic mass is 10.1. The molecule has 0 radical (unpaired) electrons. The van der Waals surface area contributed by atoms with Crippen LogP contribution in [0.25, 0.3) is 0 Å². The molecule has 1 N–H and O–H groups in total. The van der Waals surface area contributed by atoms with Crippen molar-refractivity contribution >= 4 is 17.7 Å². The van der Waals surface area contributed by atoms with Crippen molar-refractivity contribution in [2.24, 2.45) is 0 Å². The minimum absolute atomic E-state index is 0.0762. The predicted octanol–water partition coefficient (Wildman–Crippen LogP) is 2.45. The molecular weight excluding hydrogens is 280 g/mol. The maximum absolute atomic E-state index is 12.3. The van der Waals surface area contributed by atoms with E-state index in [4.69, 9.17) is 10.1 Å². The quantitative estimate of drug-likeness (QED) is 0.537. The standard InChI is InChI=1S/C17H14N2O3/c1-22-15(18)12-8-6-11(7-9-12)10-19-16(20)13-4-2-3-5-14(13)17(19)21/h2-9,18H,10H2,1H3. The second-order valence-corrected chi connectivity index (χ2v) is 4.97. The van der Waals surface area contributed by atoms with Crippen molar-refractivity contribution in [3.8, 4) is 0 Å². The number of amides is 2. The van der Waals surface area contributed by atoms with E-state index in [9.17, 15) is 9.59 Å². The smallest absolute Gasteiger partial charge is 0.261 e. The van der Waals surface area contributed by atoms with Crippen LogP contribution in [-0.4, -0.2) is 29.7 Å². The monoisotopic (exact) mass is 294 g/mol. The van der Waals surface area contributed by atoms with E-state index in [1.807, 2.05) is 0 Å². The van der Waals surface area contributed by atoms with Crippen LogP contribution in [0.4, 0.5) is 0 Å². The Hall–Kier alpha value is -2.95. The lowest BCUT2D eigenvalue weighted by Gasteiger charge is -2.14. The summed E-state index contributed by atoms with van der Waals surface area (Å²) >= 11 is 0. The molecule has 1 aliphatic rings. The van der Waals surface area contributed by atoms with E-state index in [-0.39, 0.29) is 24.3 Å². The Morgan fingerprint density at radius 1 is 1.00 bits per heavy atom. The Morgan fingerprint density at radius 3 is 2.05 bits per heavy atom. The molecule has 110 valence electrons. The van der Waals surface area contributed by atoms with Crippen LogP contribution in [0.1, 0.15) is 31.8 Å². The van der Waals surface area contributed by atoms with Gasteiger partial charge in [-0.2, -0.15) is 0 Å². The maximum Gasteiger partial charge on any atom is 0.261 e. The van der Waals surface area contributed by atoms with Gasteiger partial charge in [-0.05, 0) is 29.8 Å². The average molecular weight is 294 g/mol. The fraction of sp³-hybridized carbons (Fsp3) is 0.118. The molecule has 0 aromatic heterocycles. The Bertz CT molecular complexity index is 731. The van der Waals surface area contributed by atoms with Crippen LogP contribution < -0.4 is 0 Å². The number of rotatable bonds is 3. The third-order valence-electron chi connectivity index (χ3n) is 3.64. The summed E-state index contributed by atoms with van der Waals surface area (Å²) in [6, 6.07) is 13.9. The summed E-state index contributed by atoms with van der Waals surface area (Å²) in [5.41, 5.74) is 2.37. The summed E-state index contributed by atoms with van der Waals surface area (Å²) in [7, 11) is 1.44. The van der Waals surface area contributed by atoms with E-state index in [2.05, 4.69) is 0 Å². The first-order valence-electron chi connectivity index (χ1n) is 6.79. The predicted molar refractivity (Wildman–Crippen MR) is 80.9 cm³/mol. The highest BCUT2D eigenvalue weighted by Crippen LogP contribution is 2.24. The average Bonchev–Trinajstić information content (AvgIpc) is 2.80. The zero-order valence-electron chi connectivity index (χ0n) is 12.0. The SMILES string of the molecule is COC(=N)c1ccc(CN2C(=O)c3ccccc3C2=O)cc1. The van der Waals surface area contributed by atoms with Crippen LogP contribution in [0.3, 0.4) is 0 Å². The van der Waals surface area contributed by atoms with Crippen LogP contribution >= 0.6 is 0 Å². The molecule has 0 spiro atoms. The van der Waals surface area contributed by atoms with Crippen molar-refractivity contribution in [3.05, 3.63) is 70.8 Å². The van der Waals surface area contributed by atoms with Crippen LogP contribution in [0.5, 0.6) is 0 Å². The van der Waals surface area contributed by atoms with E-state index in [0.717, 1.165) is 5.56 Å². The fourth-order valence-corrected chi connectivity index (χ4v) is 2.44. The Kier molecular flexibility index (Phi) is 3.47. The number of nitrogens with zero attached hydrogens (tertiary/aromatic N) is 1. The van der Waals surface area contributed by atoms with Crippen LogP contribution in [0.2, 0.25) is 0 Å². The van der Waals surface area contributed by atoms with Crippen LogP contribution in [-0.2, 0) is 11.3 Å². The first-order valence-corrected chi connectivity index (χ1v) is 6.79. The molecular formula is C17H14N2O3. The second-order valence-electron chi connectivity index (χ2n) is 4.97. The molecule has 0 unspecified atom stereocenters. The van der Waals surface area contributed by atoms with Gasteiger partial charge in [0.25, 0.3) is 11.8 Å². The minimum Gasteiger partial charge on any atom is -0.481 e. The molecule has 3 rings (SSSR count). The number of imide groups is 1. The largest absolute Gasteiger partial charge is 0.481 e. The highest BCUT2D eigenvalue weighted by molar-refractivity contribution is 6.21. The lowest BCUT2D eigenvalue weighted by molar-refractivity contribution is 0.0642. The fourth-order valence-electron chi connectivity index (χ4n) is 2.44. The number of ether oxygens (including phenoxy) is 1. The van der Waals surface area contributed by atoms with E-state index >= 15 is 0 Å². The summed E-state index contributed by atoms with van der Waals surface area (Å²) < 4.78 is 4.85. The molecule has 1 heterocycles. The van der Waals surface area contributed by atoms with Gasteiger partial charge in [0.2, 0.25) is 5.90 Å². The maximum atomic E-state index is 12.3. The number of hydrogen-bond donors (Lipinski definition) is 1. The van der Waals surface area contributed by atoms with Gasteiger partial charge in [0.05, 0.1) is 24.8 Å². The van der Waals surface area contributed by atoms with Gasteiger partial charge in [0.1, 0.15) is 0 Å². The van der Waals surface area contributed by atoms with E-state index in [0.29, 0.717) is 16.7 Å². The third-order valence-corrected chi connectivity index (χ3v) is 3.64. The number of methoxy groups -OCH3 is 1. The zero-order chi connectivity index (χ0) is 15.7. The van der Waals surface area contributed by atoms with Crippen molar-refractivity contribution in [2.45, 2.75) is 6.54 Å². The molecule has 22 heavy (non-hydrogen) atoms. The first-order chi connectivity index (χ1) is 10.6. The summed E-state index contributed by atoms with van der Waals surface area (Å²) in [6.07, 6.45) is 0. The molecule has 2 aromatic carbocycles. The number of carbonyl (C=O) groups excluding carboxylic acids is 2. The normalized spacial score (nSPS) is 13.2. The summed E-state index contributed by atoms with van der Waals surface area (Å²) in [5, 5.41) is 7.58. The van der Waals surface area contributed by atoms with Crippen molar-refractivity contribution < 1.29 is 14.3 Å². The molecule has 2 aromatic rings. The van der Waals surface area contributed by atoms with Gasteiger partial charge in [-0.25, -0.2) is 0 Å². The van der Waals surface area contributed by atoms with Gasteiger partial charge in [-0.15, -0.1) is 0 Å². The topological polar surface area (TPSA) is 70.5 Å². The molecule has 5 heteroatoms. The molecule has 0 atom stereocenters. The van der Waals surface area contributed by atoms with Gasteiger partial charge < -0.3 is 4.74 Å². The minimum atomic E-state index is -0.269. The zero-order valence-corrected chi connectivity index (χ0v) is 12.0. The van der Waals surface area contributed by atoms with Gasteiger partial charge in [-0.1, -0.05) is 24.3 Å².